The number of amides is 1. The van der Waals surface area contributed by atoms with E-state index >= 15 is 0 Å². The second-order valence-electron chi connectivity index (χ2n) is 4.92. The van der Waals surface area contributed by atoms with Crippen molar-refractivity contribution in [2.75, 3.05) is 13.7 Å². The molecule has 1 fully saturated rings. The lowest BCUT2D eigenvalue weighted by molar-refractivity contribution is 0.0747. The standard InChI is InChI=1S/C14H18FN3O3/c1-21-12-8-9(2-5-11(12)15)14(19)18(10-3-4-10)7-6-13(16)17-20/h2,5,8,10,20H,3-4,6-7H2,1H3,(H2,16,17). The molecule has 6 nitrogen and oxygen atoms in total. The minimum atomic E-state index is -0.510. The number of nitrogens with two attached hydrogens (primary N) is 1. The summed E-state index contributed by atoms with van der Waals surface area (Å²) in [7, 11) is 1.35. The lowest BCUT2D eigenvalue weighted by Gasteiger charge is -2.22. The summed E-state index contributed by atoms with van der Waals surface area (Å²) >= 11 is 0. The molecule has 3 N–H and O–H groups in total. The van der Waals surface area contributed by atoms with Crippen molar-refractivity contribution in [1.82, 2.24) is 4.90 Å². The Bertz CT molecular complexity index is 558. The molecule has 0 bridgehead atoms. The number of hydrogen-bond acceptors (Lipinski definition) is 4. The van der Waals surface area contributed by atoms with Crippen LogP contribution < -0.4 is 10.5 Å². The van der Waals surface area contributed by atoms with Crippen LogP contribution in [-0.4, -0.2) is 41.5 Å². The molecule has 1 amide bonds. The molecule has 0 saturated heterocycles. The largest absolute Gasteiger partial charge is 0.494 e. The number of methoxy groups -OCH3 is 1. The number of oxime groups is 1. The van der Waals surface area contributed by atoms with Crippen molar-refractivity contribution in [3.05, 3.63) is 29.6 Å². The Balaban J connectivity index is 2.14. The third kappa shape index (κ3) is 3.62. The zero-order valence-corrected chi connectivity index (χ0v) is 11.8. The fraction of sp³-hybridized carbons (Fsp3) is 0.429. The van der Waals surface area contributed by atoms with Gasteiger partial charge >= 0.3 is 0 Å². The molecule has 1 aromatic carbocycles. The van der Waals surface area contributed by atoms with Gasteiger partial charge in [0.05, 0.1) is 7.11 Å². The van der Waals surface area contributed by atoms with Crippen LogP contribution in [0.2, 0.25) is 0 Å². The number of amidine groups is 1. The molecule has 0 spiro atoms. The van der Waals surface area contributed by atoms with Crippen molar-refractivity contribution in [3.63, 3.8) is 0 Å². The Labute approximate surface area is 122 Å². The van der Waals surface area contributed by atoms with Gasteiger partial charge in [-0.2, -0.15) is 0 Å². The number of halogens is 1. The van der Waals surface area contributed by atoms with Gasteiger partial charge in [-0.15, -0.1) is 0 Å². The van der Waals surface area contributed by atoms with Crippen LogP contribution in [0.1, 0.15) is 29.6 Å². The van der Waals surface area contributed by atoms with Gasteiger partial charge < -0.3 is 20.6 Å². The molecule has 0 aromatic heterocycles. The van der Waals surface area contributed by atoms with Crippen molar-refractivity contribution in [3.8, 4) is 5.75 Å². The second kappa shape index (κ2) is 6.43. The first kappa shape index (κ1) is 15.1. The van der Waals surface area contributed by atoms with Crippen molar-refractivity contribution < 1.29 is 19.1 Å². The van der Waals surface area contributed by atoms with Gasteiger partial charge in [0.2, 0.25) is 0 Å². The lowest BCUT2D eigenvalue weighted by atomic mass is 10.1. The predicted molar refractivity (Wildman–Crippen MR) is 75.0 cm³/mol. The molecule has 1 aliphatic carbocycles. The van der Waals surface area contributed by atoms with Crippen molar-refractivity contribution in [1.29, 1.82) is 0 Å². The van der Waals surface area contributed by atoms with Gasteiger partial charge in [0.25, 0.3) is 5.91 Å². The van der Waals surface area contributed by atoms with E-state index in [9.17, 15) is 9.18 Å². The van der Waals surface area contributed by atoms with Crippen molar-refractivity contribution >= 4 is 11.7 Å². The molecule has 114 valence electrons. The summed E-state index contributed by atoms with van der Waals surface area (Å²) in [6.07, 6.45) is 2.15. The highest BCUT2D eigenvalue weighted by Crippen LogP contribution is 2.29. The number of benzene rings is 1. The molecule has 1 aliphatic rings. The molecule has 7 heteroatoms. The molecule has 1 saturated carbocycles. The van der Waals surface area contributed by atoms with E-state index in [1.54, 1.807) is 4.90 Å². The van der Waals surface area contributed by atoms with Gasteiger partial charge in [-0.1, -0.05) is 5.16 Å². The highest BCUT2D eigenvalue weighted by atomic mass is 19.1. The van der Waals surface area contributed by atoms with Crippen LogP contribution in [-0.2, 0) is 0 Å². The first-order valence-corrected chi connectivity index (χ1v) is 6.67. The lowest BCUT2D eigenvalue weighted by Crippen LogP contribution is -2.36. The van der Waals surface area contributed by atoms with E-state index in [2.05, 4.69) is 5.16 Å². The van der Waals surface area contributed by atoms with Crippen molar-refractivity contribution in [2.24, 2.45) is 10.9 Å². The topological polar surface area (TPSA) is 88.2 Å². The summed E-state index contributed by atoms with van der Waals surface area (Å²) < 4.78 is 18.3. The normalized spacial score (nSPS) is 14.9. The fourth-order valence-electron chi connectivity index (χ4n) is 2.08. The summed E-state index contributed by atoms with van der Waals surface area (Å²) in [4.78, 5) is 14.2. The molecule has 0 atom stereocenters. The smallest absolute Gasteiger partial charge is 0.254 e. The van der Waals surface area contributed by atoms with Crippen LogP contribution in [0.15, 0.2) is 23.4 Å². The molecule has 1 aromatic rings. The third-order valence-corrected chi connectivity index (χ3v) is 3.38. The average Bonchev–Trinajstić information content (AvgIpc) is 3.32. The summed E-state index contributed by atoms with van der Waals surface area (Å²) in [5, 5.41) is 11.5. The zero-order chi connectivity index (χ0) is 15.4. The van der Waals surface area contributed by atoms with Crippen LogP contribution in [0, 0.1) is 5.82 Å². The maximum Gasteiger partial charge on any atom is 0.254 e. The summed E-state index contributed by atoms with van der Waals surface area (Å²) in [6, 6.07) is 4.19. The third-order valence-electron chi connectivity index (χ3n) is 3.38. The van der Waals surface area contributed by atoms with Crippen LogP contribution in [0.5, 0.6) is 5.75 Å². The second-order valence-corrected chi connectivity index (χ2v) is 4.92. The maximum absolute atomic E-state index is 13.4. The van der Waals surface area contributed by atoms with E-state index in [0.29, 0.717) is 12.1 Å². The van der Waals surface area contributed by atoms with Crippen LogP contribution in [0.3, 0.4) is 0 Å². The Kier molecular flexibility index (Phi) is 4.62. The summed E-state index contributed by atoms with van der Waals surface area (Å²) in [6.45, 7) is 0.360. The Morgan fingerprint density at radius 2 is 2.29 bits per heavy atom. The molecule has 21 heavy (non-hydrogen) atoms. The maximum atomic E-state index is 13.4. The SMILES string of the molecule is COc1cc(C(=O)N(CC/C(N)=N/O)C2CC2)ccc1F. The number of hydrogen-bond donors (Lipinski definition) is 2. The number of carbonyl (C=O) groups is 1. The summed E-state index contributed by atoms with van der Waals surface area (Å²) in [5.74, 6) is -0.608. The van der Waals surface area contributed by atoms with Crippen LogP contribution in [0.25, 0.3) is 0 Å². The number of carbonyl (C=O) groups excluding carboxylic acids is 1. The van der Waals surface area contributed by atoms with Gasteiger partial charge in [0, 0.05) is 24.6 Å². The molecule has 0 unspecified atom stereocenters. The van der Waals surface area contributed by atoms with Crippen molar-refractivity contribution in [2.45, 2.75) is 25.3 Å². The number of ether oxygens (including phenoxy) is 1. The minimum absolute atomic E-state index is 0.0352. The van der Waals surface area contributed by atoms with Gasteiger partial charge in [0.1, 0.15) is 5.84 Å². The van der Waals surface area contributed by atoms with Gasteiger partial charge in [-0.3, -0.25) is 4.79 Å². The molecular formula is C14H18FN3O3. The molecule has 0 aliphatic heterocycles. The van der Waals surface area contributed by atoms with E-state index in [4.69, 9.17) is 15.7 Å². The highest BCUT2D eigenvalue weighted by Gasteiger charge is 2.33. The quantitative estimate of drug-likeness (QED) is 0.361. The number of rotatable bonds is 6. The Hall–Kier alpha value is -2.31. The van der Waals surface area contributed by atoms with E-state index in [1.165, 1.54) is 25.3 Å². The van der Waals surface area contributed by atoms with Gasteiger partial charge in [-0.05, 0) is 31.0 Å². The van der Waals surface area contributed by atoms with Crippen LogP contribution >= 0.6 is 0 Å². The van der Waals surface area contributed by atoms with E-state index in [0.717, 1.165) is 12.8 Å². The van der Waals surface area contributed by atoms with Gasteiger partial charge in [0.15, 0.2) is 11.6 Å². The zero-order valence-electron chi connectivity index (χ0n) is 11.8. The Morgan fingerprint density at radius 3 is 2.86 bits per heavy atom. The van der Waals surface area contributed by atoms with E-state index < -0.39 is 5.82 Å². The molecule has 0 heterocycles. The number of nitrogens with zero attached hydrogens (tertiary/aromatic N) is 2. The van der Waals surface area contributed by atoms with E-state index in [-0.39, 0.29) is 30.0 Å². The summed E-state index contributed by atoms with van der Waals surface area (Å²) in [5.41, 5.74) is 5.80. The van der Waals surface area contributed by atoms with E-state index in [1.807, 2.05) is 0 Å². The fourth-order valence-corrected chi connectivity index (χ4v) is 2.08. The molecule has 0 radical (unpaired) electrons. The van der Waals surface area contributed by atoms with Gasteiger partial charge in [-0.25, -0.2) is 4.39 Å². The molecule has 2 rings (SSSR count). The highest BCUT2D eigenvalue weighted by molar-refractivity contribution is 5.95. The molecular weight excluding hydrogens is 277 g/mol. The average molecular weight is 295 g/mol. The first-order chi connectivity index (χ1) is 10.1. The predicted octanol–water partition coefficient (Wildman–Crippen LogP) is 1.58. The Morgan fingerprint density at radius 1 is 1.57 bits per heavy atom. The van der Waals surface area contributed by atoms with Crippen LogP contribution in [0.4, 0.5) is 4.39 Å². The monoisotopic (exact) mass is 295 g/mol. The minimum Gasteiger partial charge on any atom is -0.494 e. The first-order valence-electron chi connectivity index (χ1n) is 6.67.